The summed E-state index contributed by atoms with van der Waals surface area (Å²) in [6, 6.07) is 6.75. The van der Waals surface area contributed by atoms with Crippen LogP contribution >= 0.6 is 0 Å². The SMILES string of the molecule is Cc1ccc2c(oc3c(F)c(C(O)C4CCC(C)CC4)ccc32)c1F.[HH]. The number of aliphatic hydroxyl groups is 1. The number of furan rings is 1. The number of rotatable bonds is 2. The first-order valence-electron chi connectivity index (χ1n) is 8.95. The molecular weight excluding hydrogens is 322 g/mol. The zero-order valence-electron chi connectivity index (χ0n) is 14.5. The van der Waals surface area contributed by atoms with Crippen molar-refractivity contribution in [3.05, 3.63) is 47.0 Å². The highest BCUT2D eigenvalue weighted by Gasteiger charge is 2.29. The smallest absolute Gasteiger partial charge is 0.172 e. The third kappa shape index (κ3) is 2.63. The molecule has 2 nitrogen and oxygen atoms in total. The van der Waals surface area contributed by atoms with Gasteiger partial charge in [-0.1, -0.05) is 38.0 Å². The van der Waals surface area contributed by atoms with Crippen molar-refractivity contribution in [1.82, 2.24) is 0 Å². The maximum atomic E-state index is 15.0. The van der Waals surface area contributed by atoms with Crippen LogP contribution in [0.1, 0.15) is 51.3 Å². The summed E-state index contributed by atoms with van der Waals surface area (Å²) in [7, 11) is 0. The van der Waals surface area contributed by atoms with Gasteiger partial charge in [0, 0.05) is 17.8 Å². The first kappa shape index (κ1) is 16.5. The molecule has 0 radical (unpaired) electrons. The molecule has 0 spiro atoms. The summed E-state index contributed by atoms with van der Waals surface area (Å²) in [5.74, 6) is -0.308. The Hall–Kier alpha value is -1.94. The highest BCUT2D eigenvalue weighted by atomic mass is 19.1. The molecule has 4 rings (SSSR count). The lowest BCUT2D eigenvalue weighted by Gasteiger charge is -2.30. The maximum Gasteiger partial charge on any atom is 0.172 e. The number of hydrogen-bond acceptors (Lipinski definition) is 2. The van der Waals surface area contributed by atoms with Gasteiger partial charge in [0.1, 0.15) is 0 Å². The van der Waals surface area contributed by atoms with E-state index >= 15 is 4.39 Å². The molecule has 1 aromatic heterocycles. The normalized spacial score (nSPS) is 22.6. The van der Waals surface area contributed by atoms with E-state index in [0.29, 0.717) is 22.3 Å². The van der Waals surface area contributed by atoms with Gasteiger partial charge in [0.15, 0.2) is 22.8 Å². The van der Waals surface area contributed by atoms with E-state index in [0.717, 1.165) is 25.7 Å². The Bertz CT molecular complexity index is 942. The van der Waals surface area contributed by atoms with Crippen LogP contribution in [-0.2, 0) is 0 Å². The fourth-order valence-electron chi connectivity index (χ4n) is 4.04. The molecule has 1 heterocycles. The van der Waals surface area contributed by atoms with Gasteiger partial charge in [-0.25, -0.2) is 8.78 Å². The summed E-state index contributed by atoms with van der Waals surface area (Å²) < 4.78 is 34.9. The van der Waals surface area contributed by atoms with Crippen molar-refractivity contribution in [3.63, 3.8) is 0 Å². The first-order chi connectivity index (χ1) is 12.0. The molecule has 1 aliphatic rings. The minimum absolute atomic E-state index is 0. The molecular formula is C21H24F2O2. The predicted octanol–water partition coefficient (Wildman–Crippen LogP) is 6.28. The zero-order valence-corrected chi connectivity index (χ0v) is 14.5. The molecule has 1 atom stereocenters. The van der Waals surface area contributed by atoms with Gasteiger partial charge >= 0.3 is 0 Å². The van der Waals surface area contributed by atoms with Gasteiger partial charge in [-0.3, -0.25) is 0 Å². The van der Waals surface area contributed by atoms with Crippen molar-refractivity contribution in [1.29, 1.82) is 0 Å². The van der Waals surface area contributed by atoms with Crippen LogP contribution in [0.5, 0.6) is 0 Å². The molecule has 1 aliphatic carbocycles. The fraction of sp³-hybridized carbons (Fsp3) is 0.429. The van der Waals surface area contributed by atoms with Gasteiger partial charge in [0.25, 0.3) is 0 Å². The van der Waals surface area contributed by atoms with Crippen LogP contribution in [0.2, 0.25) is 0 Å². The third-order valence-electron chi connectivity index (χ3n) is 5.74. The standard InChI is InChI=1S/C21H22F2O2.H2/c1-11-3-6-13(7-4-11)19(24)16-10-9-15-14-8-5-12(2)17(22)20(14)25-21(15)18(16)23;/h5,8-11,13,19,24H,3-4,6-7H2,1-2H3;1H. The van der Waals surface area contributed by atoms with Gasteiger partial charge < -0.3 is 9.52 Å². The van der Waals surface area contributed by atoms with Crippen molar-refractivity contribution in [3.8, 4) is 0 Å². The van der Waals surface area contributed by atoms with Crippen LogP contribution in [0.25, 0.3) is 21.9 Å². The molecule has 1 N–H and O–H groups in total. The molecule has 4 heteroatoms. The van der Waals surface area contributed by atoms with Crippen LogP contribution < -0.4 is 0 Å². The van der Waals surface area contributed by atoms with Crippen LogP contribution in [0.15, 0.2) is 28.7 Å². The highest BCUT2D eigenvalue weighted by Crippen LogP contribution is 2.40. The molecule has 0 bridgehead atoms. The lowest BCUT2D eigenvalue weighted by Crippen LogP contribution is -2.20. The van der Waals surface area contributed by atoms with Gasteiger partial charge in [0.2, 0.25) is 0 Å². The largest absolute Gasteiger partial charge is 0.450 e. The van der Waals surface area contributed by atoms with E-state index in [2.05, 4.69) is 6.92 Å². The van der Waals surface area contributed by atoms with Crippen molar-refractivity contribution in [2.24, 2.45) is 11.8 Å². The second-order valence-corrected chi connectivity index (χ2v) is 7.49. The lowest BCUT2D eigenvalue weighted by molar-refractivity contribution is 0.0727. The van der Waals surface area contributed by atoms with Gasteiger partial charge in [-0.2, -0.15) is 0 Å². The molecule has 134 valence electrons. The van der Waals surface area contributed by atoms with Crippen LogP contribution in [0.3, 0.4) is 0 Å². The molecule has 0 aliphatic heterocycles. The average molecular weight is 346 g/mol. The molecule has 0 amide bonds. The second kappa shape index (κ2) is 6.10. The van der Waals surface area contributed by atoms with E-state index in [1.807, 2.05) is 0 Å². The van der Waals surface area contributed by atoms with E-state index in [4.69, 9.17) is 4.42 Å². The molecule has 1 fully saturated rings. The Morgan fingerprint density at radius 1 is 1.00 bits per heavy atom. The summed E-state index contributed by atoms with van der Waals surface area (Å²) in [6.07, 6.45) is 3.06. The molecule has 2 aromatic carbocycles. The topological polar surface area (TPSA) is 33.4 Å². The summed E-state index contributed by atoms with van der Waals surface area (Å²) >= 11 is 0. The first-order valence-corrected chi connectivity index (χ1v) is 8.95. The third-order valence-corrected chi connectivity index (χ3v) is 5.74. The number of benzene rings is 2. The van der Waals surface area contributed by atoms with E-state index in [9.17, 15) is 9.50 Å². The van der Waals surface area contributed by atoms with Gasteiger partial charge in [0.05, 0.1) is 6.10 Å². The lowest BCUT2D eigenvalue weighted by atomic mass is 9.78. The van der Waals surface area contributed by atoms with Crippen molar-refractivity contribution >= 4 is 21.9 Å². The van der Waals surface area contributed by atoms with E-state index in [1.54, 1.807) is 31.2 Å². The molecule has 1 saturated carbocycles. The molecule has 25 heavy (non-hydrogen) atoms. The van der Waals surface area contributed by atoms with Crippen LogP contribution in [0, 0.1) is 30.4 Å². The van der Waals surface area contributed by atoms with Crippen LogP contribution in [0.4, 0.5) is 8.78 Å². The van der Waals surface area contributed by atoms with Crippen molar-refractivity contribution in [2.45, 2.75) is 45.6 Å². The second-order valence-electron chi connectivity index (χ2n) is 7.49. The Balaban J connectivity index is 0.00000196. The number of halogens is 2. The average Bonchev–Trinajstić information content (AvgIpc) is 2.99. The Morgan fingerprint density at radius 3 is 2.28 bits per heavy atom. The molecule has 0 saturated heterocycles. The van der Waals surface area contributed by atoms with Gasteiger partial charge in [-0.05, 0) is 43.2 Å². The Kier molecular flexibility index (Phi) is 4.03. The van der Waals surface area contributed by atoms with E-state index in [1.165, 1.54) is 0 Å². The highest BCUT2D eigenvalue weighted by molar-refractivity contribution is 6.05. The molecule has 1 unspecified atom stereocenters. The number of aliphatic hydroxyl groups excluding tert-OH is 1. The number of hydrogen-bond donors (Lipinski definition) is 1. The fourth-order valence-corrected chi connectivity index (χ4v) is 4.04. The summed E-state index contributed by atoms with van der Waals surface area (Å²) in [5.41, 5.74) is 0.819. The van der Waals surface area contributed by atoms with E-state index < -0.39 is 17.7 Å². The predicted molar refractivity (Wildman–Crippen MR) is 96.6 cm³/mol. The summed E-state index contributed by atoms with van der Waals surface area (Å²) in [6.45, 7) is 3.86. The number of fused-ring (bicyclic) bond motifs is 3. The maximum absolute atomic E-state index is 15.0. The zero-order chi connectivity index (χ0) is 17.7. The summed E-state index contributed by atoms with van der Waals surface area (Å²) in [4.78, 5) is 0. The minimum Gasteiger partial charge on any atom is -0.450 e. The van der Waals surface area contributed by atoms with Crippen LogP contribution in [-0.4, -0.2) is 5.11 Å². The minimum atomic E-state index is -0.850. The molecule has 3 aromatic rings. The van der Waals surface area contributed by atoms with Crippen molar-refractivity contribution in [2.75, 3.05) is 0 Å². The summed E-state index contributed by atoms with van der Waals surface area (Å²) in [5, 5.41) is 11.8. The van der Waals surface area contributed by atoms with Gasteiger partial charge in [-0.15, -0.1) is 0 Å². The monoisotopic (exact) mass is 346 g/mol. The Morgan fingerprint density at radius 2 is 1.60 bits per heavy atom. The van der Waals surface area contributed by atoms with E-state index in [-0.39, 0.29) is 24.1 Å². The number of aryl methyl sites for hydroxylation is 1. The quantitative estimate of drug-likeness (QED) is 0.592. The Labute approximate surface area is 146 Å². The van der Waals surface area contributed by atoms with Crippen molar-refractivity contribution < 1.29 is 19.7 Å².